The number of hydrogen-bond donors (Lipinski definition) is 1. The van der Waals surface area contributed by atoms with Crippen LogP contribution in [0.25, 0.3) is 0 Å². The molecule has 1 aromatic heterocycles. The maximum absolute atomic E-state index is 10.3. The molecule has 0 unspecified atom stereocenters. The van der Waals surface area contributed by atoms with Crippen LogP contribution >= 0.6 is 27.3 Å². The van der Waals surface area contributed by atoms with Crippen molar-refractivity contribution in [3.05, 3.63) is 20.8 Å². The molecule has 0 radical (unpaired) electrons. The van der Waals surface area contributed by atoms with Crippen molar-refractivity contribution in [3.63, 3.8) is 0 Å². The lowest BCUT2D eigenvalue weighted by Crippen LogP contribution is -2.33. The maximum atomic E-state index is 10.3. The first-order valence-electron chi connectivity index (χ1n) is 5.13. The predicted molar refractivity (Wildman–Crippen MR) is 63.8 cm³/mol. The minimum absolute atomic E-state index is 0.414. The van der Waals surface area contributed by atoms with Crippen molar-refractivity contribution in [1.29, 1.82) is 0 Å². The number of hydrogen-bond acceptors (Lipinski definition) is 2. The number of halogens is 1. The molecule has 2 rings (SSSR count). The SMILES string of the molecule is OC1(Cc2cc(Br)cs2)CCCCC1. The second kappa shape index (κ2) is 4.33. The predicted octanol–water partition coefficient (Wildman–Crippen LogP) is 3.75. The van der Waals surface area contributed by atoms with Gasteiger partial charge in [0.05, 0.1) is 5.60 Å². The van der Waals surface area contributed by atoms with E-state index in [1.807, 2.05) is 0 Å². The van der Waals surface area contributed by atoms with E-state index in [2.05, 4.69) is 27.4 Å². The van der Waals surface area contributed by atoms with E-state index in [1.54, 1.807) is 11.3 Å². The number of rotatable bonds is 2. The molecule has 0 atom stereocenters. The molecule has 1 saturated carbocycles. The molecule has 0 aliphatic heterocycles. The molecule has 1 aliphatic carbocycles. The second-order valence-corrected chi connectivity index (χ2v) is 6.10. The minimum Gasteiger partial charge on any atom is -0.390 e. The monoisotopic (exact) mass is 274 g/mol. The Hall–Kier alpha value is 0.140. The number of thiophene rings is 1. The van der Waals surface area contributed by atoms with E-state index in [9.17, 15) is 5.11 Å². The topological polar surface area (TPSA) is 20.2 Å². The van der Waals surface area contributed by atoms with E-state index in [0.29, 0.717) is 0 Å². The number of aliphatic hydroxyl groups is 1. The Morgan fingerprint density at radius 2 is 2.07 bits per heavy atom. The van der Waals surface area contributed by atoms with Gasteiger partial charge >= 0.3 is 0 Å². The highest BCUT2D eigenvalue weighted by molar-refractivity contribution is 9.10. The summed E-state index contributed by atoms with van der Waals surface area (Å²) in [5.41, 5.74) is -0.414. The standard InChI is InChI=1S/C11H15BrOS/c12-9-6-10(14-8-9)7-11(13)4-2-1-3-5-11/h6,8,13H,1-5,7H2. The lowest BCUT2D eigenvalue weighted by molar-refractivity contribution is 0.00518. The van der Waals surface area contributed by atoms with Gasteiger partial charge in [0, 0.05) is 21.2 Å². The maximum Gasteiger partial charge on any atom is 0.0695 e. The molecule has 1 heterocycles. The van der Waals surface area contributed by atoms with Gasteiger partial charge in [0.2, 0.25) is 0 Å². The molecule has 1 aromatic rings. The molecule has 3 heteroatoms. The summed E-state index contributed by atoms with van der Waals surface area (Å²) in [6.07, 6.45) is 6.44. The molecule has 0 spiro atoms. The van der Waals surface area contributed by atoms with Crippen LogP contribution in [0, 0.1) is 0 Å². The van der Waals surface area contributed by atoms with Crippen molar-refractivity contribution in [1.82, 2.24) is 0 Å². The zero-order valence-corrected chi connectivity index (χ0v) is 10.5. The van der Waals surface area contributed by atoms with Crippen LogP contribution in [0.2, 0.25) is 0 Å². The molecule has 1 nitrogen and oxygen atoms in total. The first-order chi connectivity index (χ1) is 6.68. The fraction of sp³-hybridized carbons (Fsp3) is 0.636. The highest BCUT2D eigenvalue weighted by atomic mass is 79.9. The van der Waals surface area contributed by atoms with Gasteiger partial charge in [0.15, 0.2) is 0 Å². The van der Waals surface area contributed by atoms with Crippen LogP contribution in [0.4, 0.5) is 0 Å². The van der Waals surface area contributed by atoms with Crippen LogP contribution in [0.1, 0.15) is 37.0 Å². The van der Waals surface area contributed by atoms with E-state index in [-0.39, 0.29) is 0 Å². The quantitative estimate of drug-likeness (QED) is 0.871. The molecule has 0 bridgehead atoms. The summed E-state index contributed by atoms with van der Waals surface area (Å²) in [5.74, 6) is 0. The van der Waals surface area contributed by atoms with E-state index < -0.39 is 5.60 Å². The molecule has 14 heavy (non-hydrogen) atoms. The van der Waals surface area contributed by atoms with Crippen LogP contribution in [-0.4, -0.2) is 10.7 Å². The first kappa shape index (κ1) is 10.7. The smallest absolute Gasteiger partial charge is 0.0695 e. The summed E-state index contributed by atoms with van der Waals surface area (Å²) in [6.45, 7) is 0. The van der Waals surface area contributed by atoms with Crippen LogP contribution < -0.4 is 0 Å². The minimum atomic E-state index is -0.414. The molecular weight excluding hydrogens is 260 g/mol. The van der Waals surface area contributed by atoms with Gasteiger partial charge in [-0.05, 0) is 34.8 Å². The van der Waals surface area contributed by atoms with Crippen molar-refractivity contribution in [2.24, 2.45) is 0 Å². The summed E-state index contributed by atoms with van der Waals surface area (Å²) >= 11 is 5.18. The molecule has 1 aliphatic rings. The van der Waals surface area contributed by atoms with Crippen molar-refractivity contribution in [3.8, 4) is 0 Å². The summed E-state index contributed by atoms with van der Waals surface area (Å²) in [4.78, 5) is 1.29. The Kier molecular flexibility index (Phi) is 3.30. The third-order valence-corrected chi connectivity index (χ3v) is 4.61. The van der Waals surface area contributed by atoms with Crippen LogP contribution in [0.15, 0.2) is 15.9 Å². The fourth-order valence-corrected chi connectivity index (χ4v) is 3.74. The van der Waals surface area contributed by atoms with Gasteiger partial charge in [-0.1, -0.05) is 19.3 Å². The molecular formula is C11H15BrOS. The molecule has 1 fully saturated rings. The van der Waals surface area contributed by atoms with Crippen molar-refractivity contribution >= 4 is 27.3 Å². The van der Waals surface area contributed by atoms with E-state index >= 15 is 0 Å². The van der Waals surface area contributed by atoms with Gasteiger partial charge in [-0.2, -0.15) is 0 Å². The molecule has 0 aromatic carbocycles. The Balaban J connectivity index is 2.01. The zero-order chi connectivity index (χ0) is 10.0. The second-order valence-electron chi connectivity index (χ2n) is 4.19. The van der Waals surface area contributed by atoms with Crippen molar-refractivity contribution < 1.29 is 5.11 Å². The van der Waals surface area contributed by atoms with Gasteiger partial charge in [-0.25, -0.2) is 0 Å². The Bertz CT molecular complexity index is 302. The average molecular weight is 275 g/mol. The van der Waals surface area contributed by atoms with Crippen LogP contribution in [0.5, 0.6) is 0 Å². The van der Waals surface area contributed by atoms with Gasteiger partial charge in [-0.3, -0.25) is 0 Å². The normalized spacial score (nSPS) is 21.0. The molecule has 0 saturated heterocycles. The highest BCUT2D eigenvalue weighted by Gasteiger charge is 2.29. The lowest BCUT2D eigenvalue weighted by atomic mass is 9.82. The largest absolute Gasteiger partial charge is 0.390 e. The zero-order valence-electron chi connectivity index (χ0n) is 8.13. The molecule has 78 valence electrons. The highest BCUT2D eigenvalue weighted by Crippen LogP contribution is 2.33. The van der Waals surface area contributed by atoms with Crippen molar-refractivity contribution in [2.45, 2.75) is 44.1 Å². The van der Waals surface area contributed by atoms with E-state index in [0.717, 1.165) is 23.7 Å². The van der Waals surface area contributed by atoms with Gasteiger partial charge in [-0.15, -0.1) is 11.3 Å². The third-order valence-electron chi connectivity index (χ3n) is 2.91. The van der Waals surface area contributed by atoms with Crippen molar-refractivity contribution in [2.75, 3.05) is 0 Å². The summed E-state index contributed by atoms with van der Waals surface area (Å²) < 4.78 is 1.14. The molecule has 1 N–H and O–H groups in total. The molecule has 0 amide bonds. The van der Waals surface area contributed by atoms with Crippen LogP contribution in [-0.2, 0) is 6.42 Å². The third kappa shape index (κ3) is 2.59. The summed E-state index contributed by atoms with van der Waals surface area (Å²) in [7, 11) is 0. The van der Waals surface area contributed by atoms with Crippen LogP contribution in [0.3, 0.4) is 0 Å². The lowest BCUT2D eigenvalue weighted by Gasteiger charge is -2.31. The fourth-order valence-electron chi connectivity index (χ4n) is 2.16. The van der Waals surface area contributed by atoms with Gasteiger partial charge < -0.3 is 5.11 Å². The van der Waals surface area contributed by atoms with E-state index in [1.165, 1.54) is 24.1 Å². The average Bonchev–Trinajstić information content (AvgIpc) is 2.51. The van der Waals surface area contributed by atoms with Gasteiger partial charge in [0.1, 0.15) is 0 Å². The summed E-state index contributed by atoms with van der Waals surface area (Å²) in [5, 5.41) is 12.4. The van der Waals surface area contributed by atoms with Gasteiger partial charge in [0.25, 0.3) is 0 Å². The van der Waals surface area contributed by atoms with E-state index in [4.69, 9.17) is 0 Å². The Morgan fingerprint density at radius 3 is 2.64 bits per heavy atom. The Labute approximate surface area is 97.3 Å². The summed E-state index contributed by atoms with van der Waals surface area (Å²) in [6, 6.07) is 2.12. The first-order valence-corrected chi connectivity index (χ1v) is 6.81. The Morgan fingerprint density at radius 1 is 1.36 bits per heavy atom.